The molecule has 0 radical (unpaired) electrons. The van der Waals surface area contributed by atoms with E-state index in [1.165, 1.54) is 24.5 Å². The second-order valence-electron chi connectivity index (χ2n) is 5.88. The molecular weight excluding hydrogens is 472 g/mol. The molecule has 1 fully saturated rings. The van der Waals surface area contributed by atoms with Crippen LogP contribution in [0.25, 0.3) is 0 Å². The Kier molecular flexibility index (Phi) is 7.75. The highest BCUT2D eigenvalue weighted by molar-refractivity contribution is 14.0. The molecule has 1 aliphatic heterocycles. The second-order valence-corrected chi connectivity index (χ2v) is 5.88. The Labute approximate surface area is 173 Å². The third-order valence-corrected chi connectivity index (χ3v) is 4.35. The number of rotatable bonds is 4. The quantitative estimate of drug-likeness (QED) is 0.404. The van der Waals surface area contributed by atoms with Gasteiger partial charge in [-0.1, -0.05) is 0 Å². The van der Waals surface area contributed by atoms with Gasteiger partial charge in [0.15, 0.2) is 5.96 Å². The second kappa shape index (κ2) is 9.81. The number of halogens is 4. The molecule has 1 aromatic heterocycles. The fourth-order valence-corrected chi connectivity index (χ4v) is 2.98. The molecule has 10 heteroatoms. The summed E-state index contributed by atoms with van der Waals surface area (Å²) < 4.78 is 39.6. The Balaban J connectivity index is 0.00000261. The standard InChI is InChI=1S/C17H21F3N6.HI/c1-21-17(23-12-15-22-6-7-26(15)16(19)20)25-10-8-24(9-11-25)14-4-2-13(18)3-5-14;/h2-7,16H,8-12H2,1H3,(H,21,23);1H. The summed E-state index contributed by atoms with van der Waals surface area (Å²) in [4.78, 5) is 12.4. The molecule has 2 aromatic rings. The van der Waals surface area contributed by atoms with Crippen LogP contribution in [0.3, 0.4) is 0 Å². The Bertz CT molecular complexity index is 741. The third-order valence-electron chi connectivity index (χ3n) is 4.35. The zero-order valence-electron chi connectivity index (χ0n) is 14.9. The van der Waals surface area contributed by atoms with E-state index in [0.717, 1.165) is 36.4 Å². The van der Waals surface area contributed by atoms with Crippen molar-refractivity contribution in [1.82, 2.24) is 19.8 Å². The maximum Gasteiger partial charge on any atom is 0.319 e. The van der Waals surface area contributed by atoms with Crippen molar-refractivity contribution in [2.45, 2.75) is 13.1 Å². The molecule has 148 valence electrons. The molecule has 0 unspecified atom stereocenters. The lowest BCUT2D eigenvalue weighted by molar-refractivity contribution is 0.0668. The third kappa shape index (κ3) is 5.27. The Morgan fingerprint density at radius 1 is 1.19 bits per heavy atom. The largest absolute Gasteiger partial charge is 0.368 e. The van der Waals surface area contributed by atoms with Gasteiger partial charge in [-0.25, -0.2) is 9.37 Å². The summed E-state index contributed by atoms with van der Waals surface area (Å²) >= 11 is 0. The lowest BCUT2D eigenvalue weighted by Gasteiger charge is -2.37. The van der Waals surface area contributed by atoms with Crippen molar-refractivity contribution in [2.75, 3.05) is 38.1 Å². The van der Waals surface area contributed by atoms with Crippen LogP contribution in [0.2, 0.25) is 0 Å². The predicted octanol–water partition coefficient (Wildman–Crippen LogP) is 2.93. The number of nitrogens with one attached hydrogen (secondary N) is 1. The summed E-state index contributed by atoms with van der Waals surface area (Å²) in [5.41, 5.74) is 0.980. The van der Waals surface area contributed by atoms with Gasteiger partial charge in [0, 0.05) is 51.3 Å². The van der Waals surface area contributed by atoms with E-state index >= 15 is 0 Å². The zero-order valence-corrected chi connectivity index (χ0v) is 17.2. The van der Waals surface area contributed by atoms with Gasteiger partial charge < -0.3 is 15.1 Å². The van der Waals surface area contributed by atoms with Gasteiger partial charge in [-0.05, 0) is 24.3 Å². The van der Waals surface area contributed by atoms with Gasteiger partial charge in [-0.3, -0.25) is 9.56 Å². The van der Waals surface area contributed by atoms with Crippen LogP contribution in [0, 0.1) is 5.82 Å². The van der Waals surface area contributed by atoms with Crippen molar-refractivity contribution in [3.05, 3.63) is 48.3 Å². The number of hydrogen-bond donors (Lipinski definition) is 1. The number of alkyl halides is 2. The van der Waals surface area contributed by atoms with E-state index in [4.69, 9.17) is 0 Å². The molecule has 27 heavy (non-hydrogen) atoms. The molecular formula is C17H22F3IN6. The van der Waals surface area contributed by atoms with E-state index < -0.39 is 6.55 Å². The lowest BCUT2D eigenvalue weighted by atomic mass is 10.2. The summed E-state index contributed by atoms with van der Waals surface area (Å²) in [7, 11) is 1.66. The van der Waals surface area contributed by atoms with Crippen molar-refractivity contribution < 1.29 is 13.2 Å². The first kappa shape index (κ1) is 21.3. The summed E-state index contributed by atoms with van der Waals surface area (Å²) in [5, 5.41) is 3.09. The monoisotopic (exact) mass is 494 g/mol. The zero-order chi connectivity index (χ0) is 18.5. The van der Waals surface area contributed by atoms with Crippen molar-refractivity contribution in [2.24, 2.45) is 4.99 Å². The number of guanidine groups is 1. The normalized spacial score (nSPS) is 15.1. The summed E-state index contributed by atoms with van der Waals surface area (Å²) in [6.45, 7) is 0.523. The molecule has 0 amide bonds. The van der Waals surface area contributed by atoms with Gasteiger partial charge in [0.2, 0.25) is 0 Å². The van der Waals surface area contributed by atoms with Gasteiger partial charge in [0.25, 0.3) is 0 Å². The topological polar surface area (TPSA) is 48.7 Å². The molecule has 6 nitrogen and oxygen atoms in total. The van der Waals surface area contributed by atoms with Gasteiger partial charge in [0.05, 0.1) is 6.54 Å². The van der Waals surface area contributed by atoms with Crippen molar-refractivity contribution >= 4 is 35.6 Å². The minimum absolute atomic E-state index is 0. The molecule has 1 saturated heterocycles. The molecule has 0 saturated carbocycles. The fourth-order valence-electron chi connectivity index (χ4n) is 2.98. The highest BCUT2D eigenvalue weighted by Crippen LogP contribution is 2.17. The van der Waals surface area contributed by atoms with Crippen molar-refractivity contribution in [3.63, 3.8) is 0 Å². The number of aliphatic imine (C=N–C) groups is 1. The molecule has 0 atom stereocenters. The highest BCUT2D eigenvalue weighted by atomic mass is 127. The smallest absolute Gasteiger partial charge is 0.319 e. The van der Waals surface area contributed by atoms with Gasteiger partial charge in [-0.15, -0.1) is 24.0 Å². The maximum atomic E-state index is 13.0. The molecule has 0 spiro atoms. The number of nitrogens with zero attached hydrogens (tertiary/aromatic N) is 5. The first-order chi connectivity index (χ1) is 12.6. The number of aromatic nitrogens is 2. The Morgan fingerprint density at radius 3 is 2.44 bits per heavy atom. The number of piperazine rings is 1. The van der Waals surface area contributed by atoms with E-state index in [0.29, 0.717) is 5.96 Å². The van der Waals surface area contributed by atoms with Crippen LogP contribution in [0.5, 0.6) is 0 Å². The molecule has 0 bridgehead atoms. The number of imidazole rings is 1. The van der Waals surface area contributed by atoms with Crippen LogP contribution >= 0.6 is 24.0 Å². The SMILES string of the molecule is CN=C(NCc1nccn1C(F)F)N1CCN(c2ccc(F)cc2)CC1.I. The maximum absolute atomic E-state index is 13.0. The minimum Gasteiger partial charge on any atom is -0.368 e. The predicted molar refractivity (Wildman–Crippen MR) is 109 cm³/mol. The number of hydrogen-bond acceptors (Lipinski definition) is 3. The molecule has 1 N–H and O–H groups in total. The Morgan fingerprint density at radius 2 is 1.85 bits per heavy atom. The molecule has 1 aliphatic rings. The van der Waals surface area contributed by atoms with Crippen LogP contribution < -0.4 is 10.2 Å². The van der Waals surface area contributed by atoms with Crippen molar-refractivity contribution in [3.8, 4) is 0 Å². The highest BCUT2D eigenvalue weighted by Gasteiger charge is 2.20. The average molecular weight is 494 g/mol. The lowest BCUT2D eigenvalue weighted by Crippen LogP contribution is -2.52. The first-order valence-electron chi connectivity index (χ1n) is 8.34. The molecule has 1 aromatic carbocycles. The van der Waals surface area contributed by atoms with E-state index in [9.17, 15) is 13.2 Å². The van der Waals surface area contributed by atoms with E-state index in [-0.39, 0.29) is 42.2 Å². The van der Waals surface area contributed by atoms with E-state index in [2.05, 4.69) is 25.1 Å². The fraction of sp³-hybridized carbons (Fsp3) is 0.412. The van der Waals surface area contributed by atoms with Crippen molar-refractivity contribution in [1.29, 1.82) is 0 Å². The minimum atomic E-state index is -2.62. The van der Waals surface area contributed by atoms with Crippen LogP contribution in [-0.4, -0.2) is 53.6 Å². The van der Waals surface area contributed by atoms with Crippen LogP contribution in [0.1, 0.15) is 12.4 Å². The number of benzene rings is 1. The molecule has 0 aliphatic carbocycles. The van der Waals surface area contributed by atoms with E-state index in [1.807, 2.05) is 0 Å². The summed E-state index contributed by atoms with van der Waals surface area (Å²) in [6.07, 6.45) is 2.61. The van der Waals surface area contributed by atoms with Gasteiger partial charge in [0.1, 0.15) is 11.6 Å². The van der Waals surface area contributed by atoms with Crippen LogP contribution in [-0.2, 0) is 6.54 Å². The van der Waals surface area contributed by atoms with Crippen LogP contribution in [0.15, 0.2) is 41.7 Å². The van der Waals surface area contributed by atoms with Gasteiger partial charge in [-0.2, -0.15) is 8.78 Å². The molecule has 2 heterocycles. The average Bonchev–Trinajstić information content (AvgIpc) is 3.12. The summed E-state index contributed by atoms with van der Waals surface area (Å²) in [6, 6.07) is 6.44. The summed E-state index contributed by atoms with van der Waals surface area (Å²) in [5.74, 6) is 0.651. The number of anilines is 1. The van der Waals surface area contributed by atoms with Gasteiger partial charge >= 0.3 is 6.55 Å². The van der Waals surface area contributed by atoms with E-state index in [1.54, 1.807) is 19.2 Å². The first-order valence-corrected chi connectivity index (χ1v) is 8.34. The Hall–Kier alpha value is -1.98. The van der Waals surface area contributed by atoms with Crippen LogP contribution in [0.4, 0.5) is 18.9 Å². The molecule has 3 rings (SSSR count).